The zero-order valence-corrected chi connectivity index (χ0v) is 18.7. The van der Waals surface area contributed by atoms with Crippen LogP contribution >= 0.6 is 0 Å². The number of carbonyl (C=O) groups is 3. The minimum atomic E-state index is -1.07. The lowest BCUT2D eigenvalue weighted by Crippen LogP contribution is -2.52. The number of carboxylic acid groups (broad SMARTS) is 1. The lowest BCUT2D eigenvalue weighted by atomic mass is 9.98. The molecule has 0 spiro atoms. The van der Waals surface area contributed by atoms with E-state index in [4.69, 9.17) is 9.47 Å². The number of nitrogens with one attached hydrogen (secondary N) is 1. The first-order chi connectivity index (χ1) is 15.9. The Hall–Kier alpha value is -3.39. The van der Waals surface area contributed by atoms with Crippen LogP contribution in [0.15, 0.2) is 48.5 Å². The molecule has 1 saturated carbocycles. The van der Waals surface area contributed by atoms with Crippen LogP contribution in [0, 0.1) is 0 Å². The van der Waals surface area contributed by atoms with Gasteiger partial charge in [-0.3, -0.25) is 4.79 Å². The SMILES string of the molecule is COC(CNC(=O)OCC1c2ccccc2-c2ccccc21)C(=O)N(C1CC1)C(C)C(=O)O. The van der Waals surface area contributed by atoms with Crippen molar-refractivity contribution in [3.05, 3.63) is 59.7 Å². The van der Waals surface area contributed by atoms with E-state index in [9.17, 15) is 19.5 Å². The minimum absolute atomic E-state index is 0.0650. The molecule has 2 N–H and O–H groups in total. The first kappa shape index (κ1) is 22.8. The highest BCUT2D eigenvalue weighted by molar-refractivity contribution is 5.87. The van der Waals surface area contributed by atoms with Gasteiger partial charge < -0.3 is 24.8 Å². The van der Waals surface area contributed by atoms with Gasteiger partial charge in [-0.25, -0.2) is 9.59 Å². The molecular formula is C25H28N2O6. The van der Waals surface area contributed by atoms with Gasteiger partial charge in [-0.05, 0) is 42.0 Å². The fourth-order valence-corrected chi connectivity index (χ4v) is 4.42. The Balaban J connectivity index is 1.35. The van der Waals surface area contributed by atoms with Gasteiger partial charge in [0.2, 0.25) is 0 Å². The molecule has 8 heteroatoms. The average Bonchev–Trinajstić information content (AvgIpc) is 3.60. The molecule has 2 amide bonds. The van der Waals surface area contributed by atoms with Crippen LogP contribution in [0.3, 0.4) is 0 Å². The molecule has 2 aliphatic carbocycles. The summed E-state index contributed by atoms with van der Waals surface area (Å²) in [5.41, 5.74) is 4.50. The molecule has 4 rings (SSSR count). The molecule has 0 aliphatic heterocycles. The molecule has 0 saturated heterocycles. The van der Waals surface area contributed by atoms with Crippen molar-refractivity contribution < 1.29 is 29.0 Å². The van der Waals surface area contributed by atoms with Crippen molar-refractivity contribution in [1.29, 1.82) is 0 Å². The van der Waals surface area contributed by atoms with E-state index in [-0.39, 0.29) is 25.1 Å². The van der Waals surface area contributed by atoms with Crippen molar-refractivity contribution in [2.24, 2.45) is 0 Å². The summed E-state index contributed by atoms with van der Waals surface area (Å²) in [6, 6.07) is 15.1. The van der Waals surface area contributed by atoms with Gasteiger partial charge in [-0.1, -0.05) is 48.5 Å². The number of carboxylic acids is 1. The van der Waals surface area contributed by atoms with Crippen molar-refractivity contribution in [2.45, 2.75) is 43.9 Å². The van der Waals surface area contributed by atoms with Crippen LogP contribution in [0.5, 0.6) is 0 Å². The van der Waals surface area contributed by atoms with Crippen LogP contribution in [0.2, 0.25) is 0 Å². The van der Waals surface area contributed by atoms with Gasteiger partial charge in [0, 0.05) is 19.1 Å². The van der Waals surface area contributed by atoms with Crippen LogP contribution in [-0.2, 0) is 19.1 Å². The second kappa shape index (κ2) is 9.62. The van der Waals surface area contributed by atoms with Gasteiger partial charge in [-0.15, -0.1) is 0 Å². The van der Waals surface area contributed by atoms with Crippen LogP contribution in [-0.4, -0.2) is 66.4 Å². The summed E-state index contributed by atoms with van der Waals surface area (Å²) in [7, 11) is 1.36. The van der Waals surface area contributed by atoms with Gasteiger partial charge in [0.25, 0.3) is 5.91 Å². The lowest BCUT2D eigenvalue weighted by Gasteiger charge is -2.30. The molecular weight excluding hydrogens is 424 g/mol. The van der Waals surface area contributed by atoms with E-state index >= 15 is 0 Å². The molecule has 2 atom stereocenters. The van der Waals surface area contributed by atoms with Gasteiger partial charge in [0.05, 0.1) is 6.54 Å². The Bertz CT molecular complexity index is 1010. The second-order valence-electron chi connectivity index (χ2n) is 8.42. The zero-order valence-electron chi connectivity index (χ0n) is 18.7. The standard InChI is InChI=1S/C25H28N2O6/c1-15(24(29)30)27(16-11-12-16)23(28)22(32-2)13-26-25(31)33-14-21-19-9-5-3-7-17(19)18-8-4-6-10-20(18)21/h3-10,15-16,21-22H,11-14H2,1-2H3,(H,26,31)(H,29,30). The maximum absolute atomic E-state index is 12.9. The van der Waals surface area contributed by atoms with E-state index in [0.717, 1.165) is 35.1 Å². The minimum Gasteiger partial charge on any atom is -0.480 e. The van der Waals surface area contributed by atoms with Crippen LogP contribution in [0.25, 0.3) is 11.1 Å². The Kier molecular flexibility index (Phi) is 6.65. The maximum Gasteiger partial charge on any atom is 0.407 e. The predicted molar refractivity (Wildman–Crippen MR) is 121 cm³/mol. The number of hydrogen-bond acceptors (Lipinski definition) is 5. The molecule has 1 fully saturated rings. The third-order valence-electron chi connectivity index (χ3n) is 6.30. The Morgan fingerprint density at radius 3 is 2.15 bits per heavy atom. The van der Waals surface area contributed by atoms with Crippen LogP contribution in [0.4, 0.5) is 4.79 Å². The van der Waals surface area contributed by atoms with Crippen LogP contribution in [0.1, 0.15) is 36.8 Å². The number of hydrogen-bond donors (Lipinski definition) is 2. The van der Waals surface area contributed by atoms with Gasteiger partial charge in [-0.2, -0.15) is 0 Å². The number of fused-ring (bicyclic) bond motifs is 3. The number of benzene rings is 2. The number of rotatable bonds is 9. The van der Waals surface area contributed by atoms with Gasteiger partial charge in [0.1, 0.15) is 12.6 Å². The Morgan fingerprint density at radius 2 is 1.64 bits per heavy atom. The molecule has 174 valence electrons. The Morgan fingerprint density at radius 1 is 1.06 bits per heavy atom. The van der Waals surface area contributed by atoms with Gasteiger partial charge in [0.15, 0.2) is 6.10 Å². The van der Waals surface area contributed by atoms with Crippen molar-refractivity contribution in [3.8, 4) is 11.1 Å². The monoisotopic (exact) mass is 452 g/mol. The quantitative estimate of drug-likeness (QED) is 0.606. The van der Waals surface area contributed by atoms with E-state index in [2.05, 4.69) is 17.4 Å². The molecule has 2 aromatic carbocycles. The van der Waals surface area contributed by atoms with Crippen molar-refractivity contribution in [2.75, 3.05) is 20.3 Å². The predicted octanol–water partition coefficient (Wildman–Crippen LogP) is 3.00. The lowest BCUT2D eigenvalue weighted by molar-refractivity contribution is -0.155. The summed E-state index contributed by atoms with van der Waals surface area (Å²) < 4.78 is 10.8. The van der Waals surface area contributed by atoms with Crippen molar-refractivity contribution in [1.82, 2.24) is 10.2 Å². The molecule has 0 bridgehead atoms. The maximum atomic E-state index is 12.9. The summed E-state index contributed by atoms with van der Waals surface area (Å²) >= 11 is 0. The molecule has 8 nitrogen and oxygen atoms in total. The zero-order chi connectivity index (χ0) is 23.5. The Labute approximate surface area is 192 Å². The molecule has 2 aliphatic rings. The highest BCUT2D eigenvalue weighted by Crippen LogP contribution is 2.44. The third kappa shape index (κ3) is 4.71. The highest BCUT2D eigenvalue weighted by Gasteiger charge is 2.41. The molecule has 2 aromatic rings. The normalized spacial score (nSPS) is 16.3. The second-order valence-corrected chi connectivity index (χ2v) is 8.42. The summed E-state index contributed by atoms with van der Waals surface area (Å²) in [5.74, 6) is -1.59. The smallest absolute Gasteiger partial charge is 0.407 e. The average molecular weight is 453 g/mol. The number of alkyl carbamates (subject to hydrolysis) is 1. The fourth-order valence-electron chi connectivity index (χ4n) is 4.42. The molecule has 2 unspecified atom stereocenters. The van der Waals surface area contributed by atoms with Crippen molar-refractivity contribution in [3.63, 3.8) is 0 Å². The number of aliphatic carboxylic acids is 1. The number of nitrogens with zero attached hydrogens (tertiary/aromatic N) is 1. The molecule has 0 heterocycles. The highest BCUT2D eigenvalue weighted by atomic mass is 16.5. The molecule has 33 heavy (non-hydrogen) atoms. The van der Waals surface area contributed by atoms with E-state index < -0.39 is 30.1 Å². The summed E-state index contributed by atoms with van der Waals surface area (Å²) in [4.78, 5) is 38.1. The molecule has 0 aromatic heterocycles. The largest absolute Gasteiger partial charge is 0.480 e. The van der Waals surface area contributed by atoms with E-state index in [0.29, 0.717) is 0 Å². The molecule has 0 radical (unpaired) electrons. The topological polar surface area (TPSA) is 105 Å². The van der Waals surface area contributed by atoms with E-state index in [1.165, 1.54) is 18.9 Å². The summed E-state index contributed by atoms with van der Waals surface area (Å²) in [6.45, 7) is 1.53. The van der Waals surface area contributed by atoms with Gasteiger partial charge >= 0.3 is 12.1 Å². The fraction of sp³-hybridized carbons (Fsp3) is 0.400. The third-order valence-corrected chi connectivity index (χ3v) is 6.30. The first-order valence-corrected chi connectivity index (χ1v) is 11.1. The number of methoxy groups -OCH3 is 1. The number of amides is 2. The number of ether oxygens (including phenoxy) is 2. The summed E-state index contributed by atoms with van der Waals surface area (Å²) in [5, 5.41) is 11.9. The van der Waals surface area contributed by atoms with Crippen LogP contribution < -0.4 is 5.32 Å². The van der Waals surface area contributed by atoms with E-state index in [1.54, 1.807) is 0 Å². The summed E-state index contributed by atoms with van der Waals surface area (Å²) in [6.07, 6.45) is -0.122. The van der Waals surface area contributed by atoms with E-state index in [1.807, 2.05) is 36.4 Å². The number of carbonyl (C=O) groups excluding carboxylic acids is 2. The first-order valence-electron chi connectivity index (χ1n) is 11.1. The van der Waals surface area contributed by atoms with Crippen molar-refractivity contribution >= 4 is 18.0 Å².